The van der Waals surface area contributed by atoms with Gasteiger partial charge in [-0.2, -0.15) is 0 Å². The van der Waals surface area contributed by atoms with Gasteiger partial charge in [0.2, 0.25) is 0 Å². The quantitative estimate of drug-likeness (QED) is 0.591. The van der Waals surface area contributed by atoms with Crippen LogP contribution >= 0.6 is 0 Å². The summed E-state index contributed by atoms with van der Waals surface area (Å²) < 4.78 is 0. The minimum atomic E-state index is 0.253. The molecular formula is C13H19NO. The van der Waals surface area contributed by atoms with Gasteiger partial charge in [-0.3, -0.25) is 4.79 Å². The van der Waals surface area contributed by atoms with Crippen LogP contribution in [0.1, 0.15) is 34.3 Å². The van der Waals surface area contributed by atoms with Crippen LogP contribution in [0.25, 0.3) is 0 Å². The molecule has 0 radical (unpaired) electrons. The van der Waals surface area contributed by atoms with E-state index in [1.54, 1.807) is 0 Å². The topological polar surface area (TPSA) is 29.1 Å². The third-order valence-electron chi connectivity index (χ3n) is 2.51. The van der Waals surface area contributed by atoms with E-state index < -0.39 is 0 Å². The Labute approximate surface area is 91.7 Å². The molecule has 0 amide bonds. The zero-order chi connectivity index (χ0) is 11.3. The molecule has 0 heterocycles. The van der Waals surface area contributed by atoms with E-state index in [0.717, 1.165) is 24.1 Å². The maximum atomic E-state index is 11.8. The molecule has 0 saturated heterocycles. The van der Waals surface area contributed by atoms with Crippen LogP contribution in [0.2, 0.25) is 0 Å². The Morgan fingerprint density at radius 3 is 2.67 bits per heavy atom. The molecule has 0 unspecified atom stereocenters. The molecule has 2 heteroatoms. The molecule has 82 valence electrons. The number of hydrogen-bond acceptors (Lipinski definition) is 2. The molecule has 0 bridgehead atoms. The van der Waals surface area contributed by atoms with Crippen molar-refractivity contribution in [1.82, 2.24) is 5.32 Å². The zero-order valence-corrected chi connectivity index (χ0v) is 9.76. The molecule has 1 N–H and O–H groups in total. The van der Waals surface area contributed by atoms with Gasteiger partial charge in [0, 0.05) is 12.0 Å². The lowest BCUT2D eigenvalue weighted by atomic mass is 10.00. The van der Waals surface area contributed by atoms with Crippen molar-refractivity contribution >= 4 is 5.78 Å². The third kappa shape index (κ3) is 3.48. The summed E-state index contributed by atoms with van der Waals surface area (Å²) in [6.07, 6.45) is 1.54. The summed E-state index contributed by atoms with van der Waals surface area (Å²) in [5.74, 6) is 0.253. The molecular weight excluding hydrogens is 186 g/mol. The van der Waals surface area contributed by atoms with E-state index in [2.05, 4.69) is 11.4 Å². The van der Waals surface area contributed by atoms with Crippen molar-refractivity contribution in [2.24, 2.45) is 0 Å². The van der Waals surface area contributed by atoms with Gasteiger partial charge in [0.15, 0.2) is 5.78 Å². The lowest BCUT2D eigenvalue weighted by molar-refractivity contribution is 0.0979. The Hall–Kier alpha value is -1.15. The van der Waals surface area contributed by atoms with Crippen molar-refractivity contribution in [3.05, 3.63) is 34.9 Å². The van der Waals surface area contributed by atoms with Gasteiger partial charge in [-0.15, -0.1) is 0 Å². The molecule has 0 aromatic heterocycles. The molecule has 2 nitrogen and oxygen atoms in total. The van der Waals surface area contributed by atoms with Crippen molar-refractivity contribution in [3.8, 4) is 0 Å². The van der Waals surface area contributed by atoms with Crippen LogP contribution in [-0.4, -0.2) is 19.4 Å². The Bertz CT molecular complexity index is 344. The van der Waals surface area contributed by atoms with Crippen LogP contribution in [0.3, 0.4) is 0 Å². The zero-order valence-electron chi connectivity index (χ0n) is 9.76. The fourth-order valence-corrected chi connectivity index (χ4v) is 1.69. The SMILES string of the molecule is CNCCCC(=O)c1ccc(C)cc1C. The Kier molecular flexibility index (Phi) is 4.50. The molecule has 0 atom stereocenters. The first kappa shape index (κ1) is 11.9. The molecule has 1 aromatic rings. The number of carbonyl (C=O) groups excluding carboxylic acids is 1. The first-order valence-corrected chi connectivity index (χ1v) is 5.40. The van der Waals surface area contributed by atoms with E-state index in [-0.39, 0.29) is 5.78 Å². The lowest BCUT2D eigenvalue weighted by Gasteiger charge is -2.05. The Balaban J connectivity index is 2.65. The summed E-state index contributed by atoms with van der Waals surface area (Å²) in [5.41, 5.74) is 3.17. The normalized spacial score (nSPS) is 10.3. The molecule has 1 aromatic carbocycles. The summed E-state index contributed by atoms with van der Waals surface area (Å²) in [6.45, 7) is 4.94. The van der Waals surface area contributed by atoms with Crippen molar-refractivity contribution in [2.45, 2.75) is 26.7 Å². The van der Waals surface area contributed by atoms with Gasteiger partial charge < -0.3 is 5.32 Å². The van der Waals surface area contributed by atoms with Gasteiger partial charge in [-0.25, -0.2) is 0 Å². The van der Waals surface area contributed by atoms with Crippen molar-refractivity contribution in [3.63, 3.8) is 0 Å². The number of ketones is 1. The number of benzene rings is 1. The van der Waals surface area contributed by atoms with Crippen LogP contribution in [0, 0.1) is 13.8 Å². The monoisotopic (exact) mass is 205 g/mol. The molecule has 15 heavy (non-hydrogen) atoms. The average molecular weight is 205 g/mol. The number of carbonyl (C=O) groups is 1. The second-order valence-corrected chi connectivity index (χ2v) is 3.95. The second-order valence-electron chi connectivity index (χ2n) is 3.95. The number of hydrogen-bond donors (Lipinski definition) is 1. The van der Waals surface area contributed by atoms with Crippen LogP contribution in [0.5, 0.6) is 0 Å². The summed E-state index contributed by atoms with van der Waals surface area (Å²) in [6, 6.07) is 6.00. The van der Waals surface area contributed by atoms with Crippen LogP contribution < -0.4 is 5.32 Å². The third-order valence-corrected chi connectivity index (χ3v) is 2.51. The molecule has 0 aliphatic carbocycles. The second kappa shape index (κ2) is 5.66. The molecule has 0 saturated carbocycles. The fourth-order valence-electron chi connectivity index (χ4n) is 1.69. The van der Waals surface area contributed by atoms with E-state index in [1.165, 1.54) is 5.56 Å². The van der Waals surface area contributed by atoms with Gasteiger partial charge in [0.05, 0.1) is 0 Å². The molecule has 0 aliphatic rings. The smallest absolute Gasteiger partial charge is 0.163 e. The van der Waals surface area contributed by atoms with Crippen molar-refractivity contribution < 1.29 is 4.79 Å². The minimum absolute atomic E-state index is 0.253. The van der Waals surface area contributed by atoms with Gasteiger partial charge >= 0.3 is 0 Å². The van der Waals surface area contributed by atoms with Crippen LogP contribution in [0.4, 0.5) is 0 Å². The highest BCUT2D eigenvalue weighted by molar-refractivity contribution is 5.97. The first-order chi connectivity index (χ1) is 7.15. The highest BCUT2D eigenvalue weighted by Gasteiger charge is 2.07. The van der Waals surface area contributed by atoms with Crippen LogP contribution in [0.15, 0.2) is 18.2 Å². The van der Waals surface area contributed by atoms with Gasteiger partial charge in [0.1, 0.15) is 0 Å². The molecule has 1 rings (SSSR count). The highest BCUT2D eigenvalue weighted by Crippen LogP contribution is 2.13. The van der Waals surface area contributed by atoms with Crippen LogP contribution in [-0.2, 0) is 0 Å². The van der Waals surface area contributed by atoms with Gasteiger partial charge in [-0.1, -0.05) is 23.8 Å². The Morgan fingerprint density at radius 1 is 1.33 bits per heavy atom. The fraction of sp³-hybridized carbons (Fsp3) is 0.462. The standard InChI is InChI=1S/C13H19NO/c1-10-6-7-12(11(2)9-10)13(15)5-4-8-14-3/h6-7,9,14H,4-5,8H2,1-3H3. The number of aryl methyl sites for hydroxylation is 2. The average Bonchev–Trinajstić information content (AvgIpc) is 2.17. The summed E-state index contributed by atoms with van der Waals surface area (Å²) in [5, 5.41) is 3.05. The highest BCUT2D eigenvalue weighted by atomic mass is 16.1. The summed E-state index contributed by atoms with van der Waals surface area (Å²) in [4.78, 5) is 11.8. The largest absolute Gasteiger partial charge is 0.320 e. The summed E-state index contributed by atoms with van der Waals surface area (Å²) in [7, 11) is 1.90. The maximum Gasteiger partial charge on any atom is 0.163 e. The van der Waals surface area contributed by atoms with E-state index in [0.29, 0.717) is 6.42 Å². The van der Waals surface area contributed by atoms with E-state index >= 15 is 0 Å². The minimum Gasteiger partial charge on any atom is -0.320 e. The molecule has 0 aliphatic heterocycles. The van der Waals surface area contributed by atoms with Crippen molar-refractivity contribution in [2.75, 3.05) is 13.6 Å². The predicted molar refractivity (Wildman–Crippen MR) is 63.4 cm³/mol. The lowest BCUT2D eigenvalue weighted by Crippen LogP contribution is -2.10. The predicted octanol–water partition coefficient (Wildman–Crippen LogP) is 2.49. The van der Waals surface area contributed by atoms with Gasteiger partial charge in [-0.05, 0) is 39.4 Å². The van der Waals surface area contributed by atoms with Gasteiger partial charge in [0.25, 0.3) is 0 Å². The van der Waals surface area contributed by atoms with E-state index in [4.69, 9.17) is 0 Å². The Morgan fingerprint density at radius 2 is 2.07 bits per heavy atom. The van der Waals surface area contributed by atoms with E-state index in [1.807, 2.05) is 33.0 Å². The molecule has 0 spiro atoms. The van der Waals surface area contributed by atoms with Crippen molar-refractivity contribution in [1.29, 1.82) is 0 Å². The first-order valence-electron chi connectivity index (χ1n) is 5.40. The number of rotatable bonds is 5. The number of nitrogens with one attached hydrogen (secondary N) is 1. The van der Waals surface area contributed by atoms with E-state index in [9.17, 15) is 4.79 Å². The number of Topliss-reactive ketones (excluding diaryl/α,β-unsaturated/α-hetero) is 1. The maximum absolute atomic E-state index is 11.8. The summed E-state index contributed by atoms with van der Waals surface area (Å²) >= 11 is 0. The molecule has 0 fully saturated rings.